The molecule has 0 aliphatic carbocycles. The Labute approximate surface area is 82.0 Å². The maximum atomic E-state index is 10.1. The van der Waals surface area contributed by atoms with E-state index in [-0.39, 0.29) is 6.61 Å². The fourth-order valence-corrected chi connectivity index (χ4v) is 1.33. The van der Waals surface area contributed by atoms with Gasteiger partial charge in [0, 0.05) is 5.39 Å². The van der Waals surface area contributed by atoms with Gasteiger partial charge in [-0.15, -0.1) is 0 Å². The molecule has 0 spiro atoms. The number of hydrogen-bond acceptors (Lipinski definition) is 2. The Balaban J connectivity index is 2.32. The Kier molecular flexibility index (Phi) is 2.72. The summed E-state index contributed by atoms with van der Waals surface area (Å²) in [5, 5.41) is 11.2. The first-order valence-corrected chi connectivity index (χ1v) is 4.40. The Morgan fingerprint density at radius 1 is 1.14 bits per heavy atom. The van der Waals surface area contributed by atoms with Crippen molar-refractivity contribution < 1.29 is 9.84 Å². The lowest BCUT2D eigenvalue weighted by molar-refractivity contribution is -0.0531. The Morgan fingerprint density at radius 2 is 2.00 bits per heavy atom. The molecule has 3 nitrogen and oxygen atoms in total. The number of benzene rings is 1. The molecule has 71 valence electrons. The summed E-state index contributed by atoms with van der Waals surface area (Å²) in [7, 11) is 0. The maximum absolute atomic E-state index is 10.1. The van der Waals surface area contributed by atoms with Crippen molar-refractivity contribution in [3.8, 4) is 0 Å². The average molecular weight is 188 g/mol. The zero-order chi connectivity index (χ0) is 9.80. The molecule has 0 atom stereocenters. The molecule has 1 radical (unpaired) electrons. The number of hydrogen-bond donors (Lipinski definition) is 0. The Hall–Kier alpha value is -1.45. The lowest BCUT2D eigenvalue weighted by atomic mass is 10.2. The second-order valence-corrected chi connectivity index (χ2v) is 2.96. The van der Waals surface area contributed by atoms with Gasteiger partial charge >= 0.3 is 0 Å². The molecule has 0 saturated carbocycles. The summed E-state index contributed by atoms with van der Waals surface area (Å²) in [5.41, 5.74) is 1.72. The fourth-order valence-electron chi connectivity index (χ4n) is 1.33. The van der Waals surface area contributed by atoms with Crippen LogP contribution in [0.25, 0.3) is 10.9 Å². The van der Waals surface area contributed by atoms with Gasteiger partial charge in [0.25, 0.3) is 0 Å². The van der Waals surface area contributed by atoms with Crippen molar-refractivity contribution in [3.05, 3.63) is 42.1 Å². The van der Waals surface area contributed by atoms with Crippen molar-refractivity contribution in [3.63, 3.8) is 0 Å². The molecule has 0 N–H and O–H groups in total. The van der Waals surface area contributed by atoms with Gasteiger partial charge < -0.3 is 4.74 Å². The molecule has 3 heteroatoms. The first kappa shape index (κ1) is 9.12. The molecule has 2 aromatic rings. The second-order valence-electron chi connectivity index (χ2n) is 2.96. The van der Waals surface area contributed by atoms with Crippen LogP contribution in [0.5, 0.6) is 0 Å². The summed E-state index contributed by atoms with van der Waals surface area (Å²) in [5.74, 6) is 0. The number of aromatic nitrogens is 1. The molecule has 1 aromatic heterocycles. The van der Waals surface area contributed by atoms with Crippen LogP contribution in [0.1, 0.15) is 5.69 Å². The minimum Gasteiger partial charge on any atom is -0.346 e. The largest absolute Gasteiger partial charge is 0.346 e. The molecule has 0 amide bonds. The summed E-state index contributed by atoms with van der Waals surface area (Å²) >= 11 is 0. The molecular formula is C11H10NO2. The van der Waals surface area contributed by atoms with Gasteiger partial charge in [-0.2, -0.15) is 0 Å². The third-order valence-electron chi connectivity index (χ3n) is 1.99. The normalized spacial score (nSPS) is 10.6. The van der Waals surface area contributed by atoms with E-state index in [0.717, 1.165) is 16.6 Å². The minimum atomic E-state index is -0.519. The number of pyridine rings is 1. The number of rotatable bonds is 3. The topological polar surface area (TPSA) is 42.0 Å². The highest BCUT2D eigenvalue weighted by Crippen LogP contribution is 2.11. The molecule has 0 saturated heterocycles. The van der Waals surface area contributed by atoms with E-state index in [1.807, 2.05) is 36.4 Å². The predicted molar refractivity (Wildman–Crippen MR) is 52.1 cm³/mol. The van der Waals surface area contributed by atoms with Crippen molar-refractivity contribution in [2.45, 2.75) is 6.61 Å². The van der Waals surface area contributed by atoms with E-state index >= 15 is 0 Å². The summed E-state index contributed by atoms with van der Waals surface area (Å²) in [6, 6.07) is 11.7. The molecule has 1 aromatic carbocycles. The second kappa shape index (κ2) is 4.17. The molecule has 0 aliphatic heterocycles. The molecule has 14 heavy (non-hydrogen) atoms. The van der Waals surface area contributed by atoms with E-state index in [0.29, 0.717) is 0 Å². The first-order valence-electron chi connectivity index (χ1n) is 4.40. The van der Waals surface area contributed by atoms with Gasteiger partial charge in [0.1, 0.15) is 0 Å². The van der Waals surface area contributed by atoms with Gasteiger partial charge in [0.2, 0.25) is 0 Å². The standard InChI is InChI=1S/C11H10NO2/c13-8-14-7-10-6-5-9-3-1-2-4-11(9)12-10/h1-6H,7-8H2. The molecule has 0 fully saturated rings. The monoisotopic (exact) mass is 188 g/mol. The van der Waals surface area contributed by atoms with Gasteiger partial charge in [-0.05, 0) is 12.1 Å². The van der Waals surface area contributed by atoms with Crippen molar-refractivity contribution in [1.29, 1.82) is 0 Å². The molecular weight excluding hydrogens is 178 g/mol. The van der Waals surface area contributed by atoms with E-state index in [1.54, 1.807) is 0 Å². The Bertz CT molecular complexity index is 428. The molecule has 0 unspecified atom stereocenters. The van der Waals surface area contributed by atoms with Crippen molar-refractivity contribution in [2.75, 3.05) is 6.79 Å². The van der Waals surface area contributed by atoms with Gasteiger partial charge in [0.05, 0.1) is 17.8 Å². The molecule has 1 heterocycles. The lowest BCUT2D eigenvalue weighted by Gasteiger charge is -2.01. The lowest BCUT2D eigenvalue weighted by Crippen LogP contribution is -1.95. The number of nitrogens with zero attached hydrogens (tertiary/aromatic N) is 1. The smallest absolute Gasteiger partial charge is 0.181 e. The molecule has 0 bridgehead atoms. The van der Waals surface area contributed by atoms with E-state index in [9.17, 15) is 5.11 Å². The van der Waals surface area contributed by atoms with E-state index in [1.165, 1.54) is 0 Å². The van der Waals surface area contributed by atoms with Crippen LogP contribution in [-0.4, -0.2) is 11.8 Å². The highest BCUT2D eigenvalue weighted by atomic mass is 16.6. The van der Waals surface area contributed by atoms with Gasteiger partial charge in [-0.1, -0.05) is 24.3 Å². The first-order chi connectivity index (χ1) is 6.90. The highest BCUT2D eigenvalue weighted by Gasteiger charge is 1.97. The summed E-state index contributed by atoms with van der Waals surface area (Å²) in [6.07, 6.45) is 0. The highest BCUT2D eigenvalue weighted by molar-refractivity contribution is 5.78. The molecule has 0 aliphatic rings. The fraction of sp³-hybridized carbons (Fsp3) is 0.182. The van der Waals surface area contributed by atoms with Crippen LogP contribution in [0.4, 0.5) is 0 Å². The van der Waals surface area contributed by atoms with Crippen LogP contribution in [0.15, 0.2) is 36.4 Å². The summed E-state index contributed by atoms with van der Waals surface area (Å²) in [6.45, 7) is -0.233. The third-order valence-corrected chi connectivity index (χ3v) is 1.99. The van der Waals surface area contributed by atoms with Crippen molar-refractivity contribution in [2.24, 2.45) is 0 Å². The van der Waals surface area contributed by atoms with Crippen molar-refractivity contribution >= 4 is 10.9 Å². The zero-order valence-electron chi connectivity index (χ0n) is 7.64. The average Bonchev–Trinajstić information content (AvgIpc) is 2.26. The predicted octanol–water partition coefficient (Wildman–Crippen LogP) is 2.14. The molecule has 2 rings (SSSR count). The van der Waals surface area contributed by atoms with Crippen LogP contribution in [0, 0.1) is 0 Å². The van der Waals surface area contributed by atoms with Crippen LogP contribution in [0.3, 0.4) is 0 Å². The van der Waals surface area contributed by atoms with E-state index in [4.69, 9.17) is 4.74 Å². The van der Waals surface area contributed by atoms with Gasteiger partial charge in [-0.3, -0.25) is 4.98 Å². The van der Waals surface area contributed by atoms with E-state index in [2.05, 4.69) is 4.98 Å². The SMILES string of the molecule is [O]COCc1ccc2ccccc2n1. The van der Waals surface area contributed by atoms with Crippen LogP contribution in [-0.2, 0) is 16.5 Å². The third kappa shape index (κ3) is 1.89. The number of para-hydroxylation sites is 1. The van der Waals surface area contributed by atoms with Crippen molar-refractivity contribution in [1.82, 2.24) is 4.98 Å². The van der Waals surface area contributed by atoms with E-state index < -0.39 is 6.79 Å². The van der Waals surface area contributed by atoms with Crippen LogP contribution < -0.4 is 0 Å². The minimum absolute atomic E-state index is 0.286. The van der Waals surface area contributed by atoms with Crippen LogP contribution >= 0.6 is 0 Å². The Morgan fingerprint density at radius 3 is 2.86 bits per heavy atom. The maximum Gasteiger partial charge on any atom is 0.181 e. The van der Waals surface area contributed by atoms with Crippen LogP contribution in [0.2, 0.25) is 0 Å². The number of fused-ring (bicyclic) bond motifs is 1. The zero-order valence-corrected chi connectivity index (χ0v) is 7.64. The van der Waals surface area contributed by atoms with Gasteiger partial charge in [-0.25, -0.2) is 5.11 Å². The summed E-state index contributed by atoms with van der Waals surface area (Å²) < 4.78 is 4.75. The quantitative estimate of drug-likeness (QED) is 0.692. The van der Waals surface area contributed by atoms with Gasteiger partial charge in [0.15, 0.2) is 6.79 Å². The summed E-state index contributed by atoms with van der Waals surface area (Å²) in [4.78, 5) is 4.35. The number of ether oxygens (including phenoxy) is 1.